The molecule has 3 N–H and O–H groups in total. The van der Waals surface area contributed by atoms with E-state index in [1.54, 1.807) is 24.3 Å². The van der Waals surface area contributed by atoms with E-state index < -0.39 is 0 Å². The van der Waals surface area contributed by atoms with Crippen LogP contribution in [0.1, 0.15) is 10.4 Å². The summed E-state index contributed by atoms with van der Waals surface area (Å²) in [5, 5.41) is 2.57. The number of anilines is 1. The fraction of sp³-hybridized carbons (Fsp3) is 0.125. The molecule has 0 unspecified atom stereocenters. The van der Waals surface area contributed by atoms with Gasteiger partial charge >= 0.3 is 0 Å². The first-order valence-electron chi connectivity index (χ1n) is 6.54. The van der Waals surface area contributed by atoms with Gasteiger partial charge in [-0.25, -0.2) is 4.99 Å². The SMILES string of the molecule is CN(C)c1cccc(N=C(N)NC(=O)c2ccccc2)c1. The van der Waals surface area contributed by atoms with E-state index in [2.05, 4.69) is 10.3 Å². The number of rotatable bonds is 3. The number of hydrogen-bond donors (Lipinski definition) is 2. The summed E-state index contributed by atoms with van der Waals surface area (Å²) < 4.78 is 0. The molecule has 0 bridgehead atoms. The van der Waals surface area contributed by atoms with E-state index in [9.17, 15) is 4.79 Å². The number of amides is 1. The van der Waals surface area contributed by atoms with Gasteiger partial charge in [-0.2, -0.15) is 0 Å². The van der Waals surface area contributed by atoms with Crippen molar-refractivity contribution >= 4 is 23.2 Å². The lowest BCUT2D eigenvalue weighted by atomic mass is 10.2. The van der Waals surface area contributed by atoms with Gasteiger partial charge in [0, 0.05) is 25.3 Å². The molecule has 1 amide bonds. The highest BCUT2D eigenvalue weighted by molar-refractivity contribution is 6.05. The van der Waals surface area contributed by atoms with Crippen LogP contribution in [0.25, 0.3) is 0 Å². The number of guanidine groups is 1. The molecule has 2 aromatic carbocycles. The number of benzene rings is 2. The van der Waals surface area contributed by atoms with Gasteiger partial charge in [-0.1, -0.05) is 24.3 Å². The van der Waals surface area contributed by atoms with E-state index in [0.29, 0.717) is 11.3 Å². The minimum absolute atomic E-state index is 0.0692. The Hall–Kier alpha value is -2.82. The second-order valence-corrected chi connectivity index (χ2v) is 4.73. The Bertz CT molecular complexity index is 650. The highest BCUT2D eigenvalue weighted by Gasteiger charge is 2.06. The first-order valence-corrected chi connectivity index (χ1v) is 6.54. The van der Waals surface area contributed by atoms with Crippen LogP contribution in [0.3, 0.4) is 0 Å². The van der Waals surface area contributed by atoms with Crippen LogP contribution in [-0.2, 0) is 0 Å². The zero-order valence-electron chi connectivity index (χ0n) is 12.1. The Morgan fingerprint density at radius 2 is 1.81 bits per heavy atom. The van der Waals surface area contributed by atoms with Gasteiger partial charge in [0.1, 0.15) is 0 Å². The molecule has 0 aliphatic rings. The number of nitrogens with zero attached hydrogens (tertiary/aromatic N) is 2. The molecule has 21 heavy (non-hydrogen) atoms. The molecule has 5 heteroatoms. The number of carbonyl (C=O) groups excluding carboxylic acids is 1. The second kappa shape index (κ2) is 6.56. The van der Waals surface area contributed by atoms with E-state index >= 15 is 0 Å². The maximum absolute atomic E-state index is 11.9. The maximum atomic E-state index is 11.9. The number of hydrogen-bond acceptors (Lipinski definition) is 3. The molecule has 0 aliphatic carbocycles. The summed E-state index contributed by atoms with van der Waals surface area (Å²) in [4.78, 5) is 18.1. The molecule has 0 aliphatic heterocycles. The summed E-state index contributed by atoms with van der Waals surface area (Å²) in [6.07, 6.45) is 0. The molecule has 108 valence electrons. The molecule has 0 saturated heterocycles. The zero-order chi connectivity index (χ0) is 15.2. The topological polar surface area (TPSA) is 70.7 Å². The maximum Gasteiger partial charge on any atom is 0.257 e. The number of nitrogens with one attached hydrogen (secondary N) is 1. The van der Waals surface area contributed by atoms with Gasteiger partial charge in [-0.15, -0.1) is 0 Å². The Balaban J connectivity index is 2.11. The van der Waals surface area contributed by atoms with E-state index in [-0.39, 0.29) is 11.9 Å². The average Bonchev–Trinajstić information content (AvgIpc) is 2.48. The van der Waals surface area contributed by atoms with Crippen molar-refractivity contribution in [3.8, 4) is 0 Å². The molecule has 2 rings (SSSR count). The molecule has 0 aromatic heterocycles. The predicted molar refractivity (Wildman–Crippen MR) is 86.0 cm³/mol. The first kappa shape index (κ1) is 14.6. The van der Waals surface area contributed by atoms with Crippen LogP contribution < -0.4 is 16.0 Å². The van der Waals surface area contributed by atoms with Crippen molar-refractivity contribution in [1.82, 2.24) is 5.32 Å². The molecule has 0 spiro atoms. The summed E-state index contributed by atoms with van der Waals surface area (Å²) in [7, 11) is 3.90. The summed E-state index contributed by atoms with van der Waals surface area (Å²) in [5.41, 5.74) is 8.01. The summed E-state index contributed by atoms with van der Waals surface area (Å²) >= 11 is 0. The lowest BCUT2D eigenvalue weighted by molar-refractivity contribution is 0.0976. The predicted octanol–water partition coefficient (Wildman–Crippen LogP) is 2.13. The van der Waals surface area contributed by atoms with Gasteiger partial charge in [0.15, 0.2) is 0 Å². The monoisotopic (exact) mass is 282 g/mol. The second-order valence-electron chi connectivity index (χ2n) is 4.73. The third-order valence-corrected chi connectivity index (χ3v) is 2.87. The van der Waals surface area contributed by atoms with Crippen LogP contribution in [0.4, 0.5) is 11.4 Å². The van der Waals surface area contributed by atoms with Crippen LogP contribution in [-0.4, -0.2) is 26.0 Å². The van der Waals surface area contributed by atoms with E-state index in [0.717, 1.165) is 5.69 Å². The smallest absolute Gasteiger partial charge is 0.257 e. The fourth-order valence-corrected chi connectivity index (χ4v) is 1.79. The Labute approximate surface area is 124 Å². The van der Waals surface area contributed by atoms with Crippen molar-refractivity contribution in [3.05, 3.63) is 60.2 Å². The normalized spacial score (nSPS) is 11.0. The van der Waals surface area contributed by atoms with Crippen molar-refractivity contribution in [2.45, 2.75) is 0 Å². The molecule has 5 nitrogen and oxygen atoms in total. The summed E-state index contributed by atoms with van der Waals surface area (Å²) in [6, 6.07) is 16.4. The van der Waals surface area contributed by atoms with Crippen molar-refractivity contribution in [1.29, 1.82) is 0 Å². The number of nitrogens with two attached hydrogens (primary N) is 1. The fourth-order valence-electron chi connectivity index (χ4n) is 1.79. The van der Waals surface area contributed by atoms with Crippen LogP contribution >= 0.6 is 0 Å². The molecule has 0 atom stereocenters. The van der Waals surface area contributed by atoms with Crippen molar-refractivity contribution < 1.29 is 4.79 Å². The van der Waals surface area contributed by atoms with E-state index in [1.807, 2.05) is 49.3 Å². The van der Waals surface area contributed by atoms with Gasteiger partial charge < -0.3 is 10.6 Å². The minimum Gasteiger partial charge on any atom is -0.378 e. The van der Waals surface area contributed by atoms with Gasteiger partial charge in [-0.3, -0.25) is 10.1 Å². The lowest BCUT2D eigenvalue weighted by Crippen LogP contribution is -2.36. The largest absolute Gasteiger partial charge is 0.378 e. The average molecular weight is 282 g/mol. The summed E-state index contributed by atoms with van der Waals surface area (Å²) in [6.45, 7) is 0. The van der Waals surface area contributed by atoms with Gasteiger partial charge in [0.05, 0.1) is 5.69 Å². The zero-order valence-corrected chi connectivity index (χ0v) is 12.1. The van der Waals surface area contributed by atoms with Crippen LogP contribution in [0, 0.1) is 0 Å². The van der Waals surface area contributed by atoms with Crippen molar-refractivity contribution in [2.75, 3.05) is 19.0 Å². The third-order valence-electron chi connectivity index (χ3n) is 2.87. The van der Waals surface area contributed by atoms with Gasteiger partial charge in [0.25, 0.3) is 5.91 Å². The van der Waals surface area contributed by atoms with Crippen LogP contribution in [0.2, 0.25) is 0 Å². The van der Waals surface area contributed by atoms with E-state index in [1.165, 1.54) is 0 Å². The van der Waals surface area contributed by atoms with Crippen molar-refractivity contribution in [3.63, 3.8) is 0 Å². The Morgan fingerprint density at radius 3 is 2.48 bits per heavy atom. The quantitative estimate of drug-likeness (QED) is 0.669. The van der Waals surface area contributed by atoms with Gasteiger partial charge in [0.2, 0.25) is 5.96 Å². The first-order chi connectivity index (χ1) is 10.1. The van der Waals surface area contributed by atoms with Crippen LogP contribution in [0.15, 0.2) is 59.6 Å². The van der Waals surface area contributed by atoms with Gasteiger partial charge in [-0.05, 0) is 30.3 Å². The molecule has 0 radical (unpaired) electrons. The molecule has 2 aromatic rings. The van der Waals surface area contributed by atoms with Crippen LogP contribution in [0.5, 0.6) is 0 Å². The Morgan fingerprint density at radius 1 is 1.10 bits per heavy atom. The lowest BCUT2D eigenvalue weighted by Gasteiger charge is -2.12. The molecule has 0 heterocycles. The molecule has 0 saturated carbocycles. The molecule has 0 fully saturated rings. The van der Waals surface area contributed by atoms with Crippen molar-refractivity contribution in [2.24, 2.45) is 10.7 Å². The molecular weight excluding hydrogens is 264 g/mol. The Kier molecular flexibility index (Phi) is 4.56. The number of aliphatic imine (C=N–C) groups is 1. The highest BCUT2D eigenvalue weighted by Crippen LogP contribution is 2.19. The highest BCUT2D eigenvalue weighted by atomic mass is 16.1. The minimum atomic E-state index is -0.277. The number of carbonyl (C=O) groups is 1. The third kappa shape index (κ3) is 4.07. The standard InChI is InChI=1S/C16H18N4O/c1-20(2)14-10-6-9-13(11-14)18-16(17)19-15(21)12-7-4-3-5-8-12/h3-11H,1-2H3,(H3,17,18,19,21). The molecular formula is C16H18N4O. The van der Waals surface area contributed by atoms with E-state index in [4.69, 9.17) is 5.73 Å². The summed E-state index contributed by atoms with van der Waals surface area (Å²) in [5.74, 6) is -0.208.